The van der Waals surface area contributed by atoms with Crippen molar-refractivity contribution in [2.24, 2.45) is 5.92 Å². The molecule has 1 aliphatic heterocycles. The lowest BCUT2D eigenvalue weighted by atomic mass is 9.75. The van der Waals surface area contributed by atoms with E-state index < -0.39 is 11.5 Å². The standard InChI is InChI=1S/C17H23NO3/c1-12-11-21-15-10-6-5-9-14(15)17(12,16(19)20)18-13-7-3-2-4-8-13/h5-6,9-10,12-13,18H,2-4,7-8,11H2,1H3,(H,19,20). The molecule has 3 rings (SSSR count). The van der Waals surface area contributed by atoms with Crippen LogP contribution in [0.5, 0.6) is 5.75 Å². The van der Waals surface area contributed by atoms with Crippen molar-refractivity contribution in [2.45, 2.75) is 50.6 Å². The van der Waals surface area contributed by atoms with Crippen LogP contribution in [0.1, 0.15) is 44.6 Å². The summed E-state index contributed by atoms with van der Waals surface area (Å²) in [6, 6.07) is 7.81. The summed E-state index contributed by atoms with van der Waals surface area (Å²) in [6.45, 7) is 2.39. The van der Waals surface area contributed by atoms with E-state index in [0.717, 1.165) is 18.4 Å². The topological polar surface area (TPSA) is 58.6 Å². The first-order valence-electron chi connectivity index (χ1n) is 7.88. The number of ether oxygens (including phenoxy) is 1. The fraction of sp³-hybridized carbons (Fsp3) is 0.588. The van der Waals surface area contributed by atoms with E-state index >= 15 is 0 Å². The van der Waals surface area contributed by atoms with Crippen LogP contribution >= 0.6 is 0 Å². The van der Waals surface area contributed by atoms with Gasteiger partial charge in [-0.05, 0) is 18.9 Å². The lowest BCUT2D eigenvalue weighted by Gasteiger charge is -2.43. The number of benzene rings is 1. The second-order valence-electron chi connectivity index (χ2n) is 6.30. The molecule has 1 aromatic rings. The first kappa shape index (κ1) is 14.4. The molecule has 1 aliphatic carbocycles. The maximum absolute atomic E-state index is 12.2. The van der Waals surface area contributed by atoms with E-state index in [9.17, 15) is 9.90 Å². The molecule has 0 radical (unpaired) electrons. The smallest absolute Gasteiger partial charge is 0.329 e. The van der Waals surface area contributed by atoms with Crippen LogP contribution in [0.15, 0.2) is 24.3 Å². The van der Waals surface area contributed by atoms with Gasteiger partial charge in [0.2, 0.25) is 0 Å². The van der Waals surface area contributed by atoms with Gasteiger partial charge in [-0.3, -0.25) is 5.32 Å². The van der Waals surface area contributed by atoms with E-state index in [-0.39, 0.29) is 12.0 Å². The number of para-hydroxylation sites is 1. The van der Waals surface area contributed by atoms with Gasteiger partial charge in [0.25, 0.3) is 0 Å². The molecule has 1 fully saturated rings. The molecule has 114 valence electrons. The Kier molecular flexibility index (Phi) is 3.89. The molecule has 0 bridgehead atoms. The summed E-state index contributed by atoms with van der Waals surface area (Å²) in [5.74, 6) is -0.204. The highest BCUT2D eigenvalue weighted by molar-refractivity contribution is 5.83. The minimum Gasteiger partial charge on any atom is -0.493 e. The molecule has 0 amide bonds. The van der Waals surface area contributed by atoms with Gasteiger partial charge < -0.3 is 9.84 Å². The molecule has 0 spiro atoms. The number of nitrogens with one attached hydrogen (secondary N) is 1. The SMILES string of the molecule is CC1COc2ccccc2C1(NC1CCCCC1)C(=O)O. The Bertz CT molecular complexity index is 525. The number of rotatable bonds is 3. The van der Waals surface area contributed by atoms with Gasteiger partial charge in [-0.15, -0.1) is 0 Å². The predicted octanol–water partition coefficient (Wildman–Crippen LogP) is 2.92. The van der Waals surface area contributed by atoms with Crippen LogP contribution in [0.3, 0.4) is 0 Å². The number of carboxylic acids is 1. The van der Waals surface area contributed by atoms with Gasteiger partial charge in [0.15, 0.2) is 5.54 Å². The molecule has 2 N–H and O–H groups in total. The number of fused-ring (bicyclic) bond motifs is 1. The number of carbonyl (C=O) groups is 1. The van der Waals surface area contributed by atoms with Crippen molar-refractivity contribution >= 4 is 5.97 Å². The van der Waals surface area contributed by atoms with Gasteiger partial charge in [0, 0.05) is 17.5 Å². The normalized spacial score (nSPS) is 29.5. The second kappa shape index (κ2) is 5.68. The lowest BCUT2D eigenvalue weighted by molar-refractivity contribution is -0.150. The number of carboxylic acid groups (broad SMARTS) is 1. The monoisotopic (exact) mass is 289 g/mol. The highest BCUT2D eigenvalue weighted by Gasteiger charge is 2.50. The van der Waals surface area contributed by atoms with Crippen LogP contribution in [0, 0.1) is 5.92 Å². The molecule has 0 aromatic heterocycles. The molecule has 4 nitrogen and oxygen atoms in total. The lowest BCUT2D eigenvalue weighted by Crippen LogP contribution is -2.60. The highest BCUT2D eigenvalue weighted by Crippen LogP contribution is 2.41. The summed E-state index contributed by atoms with van der Waals surface area (Å²) >= 11 is 0. The summed E-state index contributed by atoms with van der Waals surface area (Å²) in [5.41, 5.74) is -0.265. The minimum absolute atomic E-state index is 0.105. The second-order valence-corrected chi connectivity index (χ2v) is 6.30. The highest BCUT2D eigenvalue weighted by atomic mass is 16.5. The number of hydrogen-bond donors (Lipinski definition) is 2. The maximum Gasteiger partial charge on any atom is 0.329 e. The van der Waals surface area contributed by atoms with Crippen molar-refractivity contribution in [1.29, 1.82) is 0 Å². The maximum atomic E-state index is 12.2. The van der Waals surface area contributed by atoms with Gasteiger partial charge in [0.05, 0.1) is 6.61 Å². The average Bonchev–Trinajstić information content (AvgIpc) is 2.51. The number of aliphatic carboxylic acids is 1. The zero-order valence-electron chi connectivity index (χ0n) is 12.5. The van der Waals surface area contributed by atoms with Gasteiger partial charge >= 0.3 is 5.97 Å². The molecule has 4 heteroatoms. The molecule has 0 saturated heterocycles. The van der Waals surface area contributed by atoms with Gasteiger partial charge in [-0.2, -0.15) is 0 Å². The Morgan fingerprint density at radius 1 is 1.29 bits per heavy atom. The third-order valence-corrected chi connectivity index (χ3v) is 4.91. The summed E-state index contributed by atoms with van der Waals surface area (Å²) in [6.07, 6.45) is 5.74. The summed E-state index contributed by atoms with van der Waals surface area (Å²) in [4.78, 5) is 12.2. The van der Waals surface area contributed by atoms with Crippen LogP contribution in [0.2, 0.25) is 0 Å². The minimum atomic E-state index is -1.03. The molecule has 1 saturated carbocycles. The zero-order chi connectivity index (χ0) is 14.9. The van der Waals surface area contributed by atoms with Crippen LogP contribution in [0.4, 0.5) is 0 Å². The van der Waals surface area contributed by atoms with Crippen LogP contribution in [-0.4, -0.2) is 23.7 Å². The molecule has 1 heterocycles. The fourth-order valence-electron chi connectivity index (χ4n) is 3.70. The van der Waals surface area contributed by atoms with Crippen molar-refractivity contribution in [1.82, 2.24) is 5.32 Å². The molecular weight excluding hydrogens is 266 g/mol. The number of hydrogen-bond acceptors (Lipinski definition) is 3. The molecular formula is C17H23NO3. The van der Waals surface area contributed by atoms with E-state index in [1.807, 2.05) is 31.2 Å². The van der Waals surface area contributed by atoms with Crippen LogP contribution < -0.4 is 10.1 Å². The Balaban J connectivity index is 2.00. The summed E-state index contributed by atoms with van der Waals surface area (Å²) in [7, 11) is 0. The van der Waals surface area contributed by atoms with Crippen LogP contribution in [0.25, 0.3) is 0 Å². The van der Waals surface area contributed by atoms with E-state index in [2.05, 4.69) is 5.32 Å². The predicted molar refractivity (Wildman–Crippen MR) is 80.4 cm³/mol. The van der Waals surface area contributed by atoms with E-state index in [1.54, 1.807) is 0 Å². The Hall–Kier alpha value is -1.55. The van der Waals surface area contributed by atoms with E-state index in [0.29, 0.717) is 12.4 Å². The third kappa shape index (κ3) is 2.42. The Labute approximate surface area is 125 Å². The summed E-state index contributed by atoms with van der Waals surface area (Å²) in [5, 5.41) is 13.5. The largest absolute Gasteiger partial charge is 0.493 e. The van der Waals surface area contributed by atoms with Crippen molar-refractivity contribution in [3.8, 4) is 5.75 Å². The Morgan fingerprint density at radius 2 is 2.00 bits per heavy atom. The van der Waals surface area contributed by atoms with Gasteiger partial charge in [-0.1, -0.05) is 44.4 Å². The zero-order valence-corrected chi connectivity index (χ0v) is 12.5. The van der Waals surface area contributed by atoms with Gasteiger partial charge in [-0.25, -0.2) is 4.79 Å². The van der Waals surface area contributed by atoms with Crippen LogP contribution in [-0.2, 0) is 10.3 Å². The molecule has 2 aliphatic rings. The van der Waals surface area contributed by atoms with Gasteiger partial charge in [0.1, 0.15) is 5.75 Å². The average molecular weight is 289 g/mol. The van der Waals surface area contributed by atoms with Crippen molar-refractivity contribution < 1.29 is 14.6 Å². The van der Waals surface area contributed by atoms with Crippen molar-refractivity contribution in [3.63, 3.8) is 0 Å². The summed E-state index contributed by atoms with van der Waals surface area (Å²) < 4.78 is 5.73. The molecule has 2 unspecified atom stereocenters. The molecule has 2 atom stereocenters. The molecule has 1 aromatic carbocycles. The van der Waals surface area contributed by atoms with E-state index in [1.165, 1.54) is 19.3 Å². The van der Waals surface area contributed by atoms with Crippen molar-refractivity contribution in [2.75, 3.05) is 6.61 Å². The fourth-order valence-corrected chi connectivity index (χ4v) is 3.70. The quantitative estimate of drug-likeness (QED) is 0.898. The molecule has 21 heavy (non-hydrogen) atoms. The first-order valence-corrected chi connectivity index (χ1v) is 7.88. The third-order valence-electron chi connectivity index (χ3n) is 4.91. The Morgan fingerprint density at radius 3 is 2.71 bits per heavy atom. The van der Waals surface area contributed by atoms with Crippen molar-refractivity contribution in [3.05, 3.63) is 29.8 Å². The van der Waals surface area contributed by atoms with E-state index in [4.69, 9.17) is 4.74 Å². The first-order chi connectivity index (χ1) is 10.1.